The Morgan fingerprint density at radius 1 is 1.09 bits per heavy atom. The van der Waals surface area contributed by atoms with Gasteiger partial charge in [0, 0.05) is 23.8 Å². The third-order valence-corrected chi connectivity index (χ3v) is 6.80. The molecule has 0 saturated carbocycles. The summed E-state index contributed by atoms with van der Waals surface area (Å²) in [5.74, 6) is -0.318. The fourth-order valence-corrected chi connectivity index (χ4v) is 4.14. The minimum Gasteiger partial charge on any atom is -0.343 e. The van der Waals surface area contributed by atoms with Crippen LogP contribution in [0.4, 0.5) is 24.0 Å². The highest BCUT2D eigenvalue weighted by Gasteiger charge is 2.48. The number of nitrogens with one attached hydrogen (secondary N) is 2. The molecule has 7 nitrogen and oxygen atoms in total. The highest BCUT2D eigenvalue weighted by atomic mass is 32.1. The number of benzene rings is 1. The first kappa shape index (κ1) is 23.7. The van der Waals surface area contributed by atoms with Crippen molar-refractivity contribution >= 4 is 39.1 Å². The van der Waals surface area contributed by atoms with Gasteiger partial charge in [0.2, 0.25) is 0 Å². The Hall–Kier alpha value is -3.47. The minimum absolute atomic E-state index is 0.180. The number of pyridine rings is 1. The number of thiazole rings is 1. The maximum Gasteiger partial charge on any atom is 0.397 e. The molecular formula is C23H23F3N6OS. The van der Waals surface area contributed by atoms with Crippen LogP contribution < -0.4 is 10.6 Å². The number of rotatable bonds is 6. The van der Waals surface area contributed by atoms with Crippen LogP contribution in [0.1, 0.15) is 47.7 Å². The van der Waals surface area contributed by atoms with Gasteiger partial charge in [0.15, 0.2) is 5.13 Å². The first-order chi connectivity index (χ1) is 16.0. The smallest absolute Gasteiger partial charge is 0.343 e. The predicted molar refractivity (Wildman–Crippen MR) is 125 cm³/mol. The van der Waals surface area contributed by atoms with Gasteiger partial charge in [-0.2, -0.15) is 13.2 Å². The van der Waals surface area contributed by atoms with Crippen LogP contribution in [0.3, 0.4) is 0 Å². The van der Waals surface area contributed by atoms with E-state index in [-0.39, 0.29) is 23.2 Å². The number of carbonyl (C=O) groups is 1. The molecule has 0 aliphatic heterocycles. The van der Waals surface area contributed by atoms with Crippen LogP contribution in [0.5, 0.6) is 0 Å². The third-order valence-electron chi connectivity index (χ3n) is 5.71. The largest absolute Gasteiger partial charge is 0.397 e. The zero-order chi connectivity index (χ0) is 24.7. The Balaban J connectivity index is 1.41. The maximum atomic E-state index is 13.3. The highest BCUT2D eigenvalue weighted by molar-refractivity contribution is 7.15. The summed E-state index contributed by atoms with van der Waals surface area (Å²) in [6.45, 7) is 4.15. The Labute approximate surface area is 198 Å². The van der Waals surface area contributed by atoms with E-state index >= 15 is 0 Å². The maximum absolute atomic E-state index is 13.3. The van der Waals surface area contributed by atoms with Crippen molar-refractivity contribution in [3.8, 4) is 0 Å². The lowest BCUT2D eigenvalue weighted by molar-refractivity contribution is -0.180. The van der Waals surface area contributed by atoms with E-state index in [2.05, 4.69) is 25.6 Å². The van der Waals surface area contributed by atoms with Crippen LogP contribution in [0.15, 0.2) is 49.1 Å². The van der Waals surface area contributed by atoms with E-state index in [4.69, 9.17) is 0 Å². The average Bonchev–Trinajstić information content (AvgIpc) is 3.40. The number of carbonyl (C=O) groups excluding carboxylic acids is 1. The summed E-state index contributed by atoms with van der Waals surface area (Å²) in [7, 11) is 1.84. The number of hydrogen-bond acceptors (Lipinski definition) is 6. The van der Waals surface area contributed by atoms with Crippen LogP contribution in [0, 0.1) is 0 Å². The van der Waals surface area contributed by atoms with Crippen LogP contribution in [-0.4, -0.2) is 31.6 Å². The molecule has 1 aromatic carbocycles. The summed E-state index contributed by atoms with van der Waals surface area (Å²) in [6.07, 6.45) is 0.528. The number of nitrogens with zero attached hydrogens (tertiary/aromatic N) is 4. The van der Waals surface area contributed by atoms with Crippen molar-refractivity contribution in [2.24, 2.45) is 7.05 Å². The Morgan fingerprint density at radius 3 is 2.47 bits per heavy atom. The first-order valence-corrected chi connectivity index (χ1v) is 11.3. The second-order valence-electron chi connectivity index (χ2n) is 8.50. The number of aryl methyl sites for hydroxylation is 1. The van der Waals surface area contributed by atoms with Gasteiger partial charge in [0.05, 0.1) is 29.5 Å². The van der Waals surface area contributed by atoms with E-state index in [1.54, 1.807) is 36.9 Å². The van der Waals surface area contributed by atoms with Gasteiger partial charge in [-0.15, -0.1) is 0 Å². The number of amides is 1. The topological polar surface area (TPSA) is 84.7 Å². The van der Waals surface area contributed by atoms with Crippen molar-refractivity contribution in [1.82, 2.24) is 24.8 Å². The van der Waals surface area contributed by atoms with E-state index in [0.29, 0.717) is 16.3 Å². The fourth-order valence-electron chi connectivity index (χ4n) is 3.30. The average molecular weight is 489 g/mol. The van der Waals surface area contributed by atoms with Crippen molar-refractivity contribution in [2.45, 2.75) is 38.4 Å². The van der Waals surface area contributed by atoms with Crippen LogP contribution in [0.25, 0.3) is 11.0 Å². The Morgan fingerprint density at radius 2 is 1.79 bits per heavy atom. The number of aromatic nitrogens is 4. The zero-order valence-electron chi connectivity index (χ0n) is 18.9. The standard InChI is InChI=1S/C23H23F3N6OS/c1-13(30-20(33)16-9-18-17(10-27-16)29-12-32(18)4)19-11-28-21(34-19)31-15-7-5-14(6-8-15)22(2,3)23(24,25)26/h5-13H,1-4H3,(H,28,31)(H,30,33). The lowest BCUT2D eigenvalue weighted by atomic mass is 9.84. The molecule has 3 aromatic heterocycles. The summed E-state index contributed by atoms with van der Waals surface area (Å²) in [5.41, 5.74) is 0.659. The van der Waals surface area contributed by atoms with Gasteiger partial charge in [-0.3, -0.25) is 4.79 Å². The molecule has 0 bridgehead atoms. The van der Waals surface area contributed by atoms with Crippen molar-refractivity contribution < 1.29 is 18.0 Å². The van der Waals surface area contributed by atoms with E-state index in [0.717, 1.165) is 24.2 Å². The number of alkyl halides is 3. The van der Waals surface area contributed by atoms with Gasteiger partial charge in [0.25, 0.3) is 5.91 Å². The molecule has 0 saturated heterocycles. The lowest BCUT2D eigenvalue weighted by Crippen LogP contribution is -2.36. The molecule has 0 fully saturated rings. The van der Waals surface area contributed by atoms with Crippen molar-refractivity contribution in [1.29, 1.82) is 0 Å². The number of imidazole rings is 1. The monoisotopic (exact) mass is 488 g/mol. The molecule has 4 rings (SSSR count). The summed E-state index contributed by atoms with van der Waals surface area (Å²) in [6, 6.07) is 7.47. The summed E-state index contributed by atoms with van der Waals surface area (Å²) in [4.78, 5) is 26.2. The summed E-state index contributed by atoms with van der Waals surface area (Å²) in [5, 5.41) is 6.57. The molecule has 1 atom stereocenters. The molecule has 0 radical (unpaired) electrons. The molecule has 178 valence electrons. The van der Waals surface area contributed by atoms with E-state index < -0.39 is 11.6 Å². The fraction of sp³-hybridized carbons (Fsp3) is 0.304. The van der Waals surface area contributed by atoms with E-state index in [1.807, 2.05) is 18.5 Å². The lowest BCUT2D eigenvalue weighted by Gasteiger charge is -2.28. The molecule has 11 heteroatoms. The number of halogens is 3. The summed E-state index contributed by atoms with van der Waals surface area (Å²) < 4.78 is 41.6. The van der Waals surface area contributed by atoms with Gasteiger partial charge >= 0.3 is 6.18 Å². The summed E-state index contributed by atoms with van der Waals surface area (Å²) >= 11 is 1.34. The van der Waals surface area contributed by atoms with Gasteiger partial charge in [-0.05, 0) is 44.5 Å². The van der Waals surface area contributed by atoms with Crippen LogP contribution in [0.2, 0.25) is 0 Å². The quantitative estimate of drug-likeness (QED) is 0.374. The zero-order valence-corrected chi connectivity index (χ0v) is 19.8. The number of fused-ring (bicyclic) bond motifs is 1. The van der Waals surface area contributed by atoms with Gasteiger partial charge in [-0.25, -0.2) is 15.0 Å². The molecule has 2 N–H and O–H groups in total. The molecule has 0 spiro atoms. The van der Waals surface area contributed by atoms with Gasteiger partial charge in [-0.1, -0.05) is 23.5 Å². The SMILES string of the molecule is CC(NC(=O)c1cc2c(cn1)ncn2C)c1cnc(Nc2ccc(C(C)(C)C(F)(F)F)cc2)s1. The molecular weight excluding hydrogens is 465 g/mol. The molecule has 1 amide bonds. The number of anilines is 2. The molecule has 0 aliphatic rings. The van der Waals surface area contributed by atoms with Gasteiger partial charge in [0.1, 0.15) is 11.2 Å². The van der Waals surface area contributed by atoms with Crippen LogP contribution >= 0.6 is 11.3 Å². The van der Waals surface area contributed by atoms with E-state index in [9.17, 15) is 18.0 Å². The second kappa shape index (κ2) is 8.71. The normalized spacial score (nSPS) is 13.1. The number of hydrogen-bond donors (Lipinski definition) is 2. The van der Waals surface area contributed by atoms with Crippen molar-refractivity contribution in [3.05, 3.63) is 65.2 Å². The molecule has 3 heterocycles. The molecule has 1 unspecified atom stereocenters. The first-order valence-electron chi connectivity index (χ1n) is 10.4. The van der Waals surface area contributed by atoms with E-state index in [1.165, 1.54) is 23.5 Å². The minimum atomic E-state index is -4.34. The third kappa shape index (κ3) is 4.60. The van der Waals surface area contributed by atoms with Gasteiger partial charge < -0.3 is 15.2 Å². The van der Waals surface area contributed by atoms with Crippen molar-refractivity contribution in [2.75, 3.05) is 5.32 Å². The molecule has 34 heavy (non-hydrogen) atoms. The predicted octanol–water partition coefficient (Wildman–Crippen LogP) is 5.50. The highest BCUT2D eigenvalue weighted by Crippen LogP contribution is 2.40. The van der Waals surface area contributed by atoms with Crippen molar-refractivity contribution in [3.63, 3.8) is 0 Å². The molecule has 0 aliphatic carbocycles. The Kier molecular flexibility index (Phi) is 6.07. The molecule has 4 aromatic rings. The second-order valence-corrected chi connectivity index (χ2v) is 9.56. The van der Waals surface area contributed by atoms with Crippen LogP contribution in [-0.2, 0) is 12.5 Å². The Bertz CT molecular complexity index is 1330.